The minimum atomic E-state index is -2.98. The quantitative estimate of drug-likeness (QED) is 0.395. The highest BCUT2D eigenvalue weighted by molar-refractivity contribution is 5.51. The number of hydrogen-bond acceptors (Lipinski definition) is 5. The van der Waals surface area contributed by atoms with Crippen molar-refractivity contribution in [2.24, 2.45) is 0 Å². The summed E-state index contributed by atoms with van der Waals surface area (Å²) in [5, 5.41) is 20.1. The van der Waals surface area contributed by atoms with Gasteiger partial charge in [-0.25, -0.2) is 4.98 Å². The molecule has 0 aliphatic carbocycles. The van der Waals surface area contributed by atoms with E-state index in [0.717, 1.165) is 6.33 Å². The van der Waals surface area contributed by atoms with Crippen molar-refractivity contribution in [3.8, 4) is 11.4 Å². The fourth-order valence-electron chi connectivity index (χ4n) is 2.72. The van der Waals surface area contributed by atoms with Gasteiger partial charge < -0.3 is 14.6 Å². The molecular formula is C15H16F4N6O2. The molecule has 0 bridgehead atoms. The zero-order valence-corrected chi connectivity index (χ0v) is 14.0. The second-order valence-corrected chi connectivity index (χ2v) is 5.84. The molecule has 146 valence electrons. The van der Waals surface area contributed by atoms with E-state index in [1.54, 1.807) is 0 Å². The Hall–Kier alpha value is -2.73. The first kappa shape index (κ1) is 19.0. The van der Waals surface area contributed by atoms with Crippen molar-refractivity contribution < 1.29 is 26.9 Å². The van der Waals surface area contributed by atoms with Gasteiger partial charge in [-0.05, 0) is 12.2 Å². The summed E-state index contributed by atoms with van der Waals surface area (Å²) >= 11 is 0. The van der Waals surface area contributed by atoms with E-state index in [2.05, 4.69) is 19.9 Å². The van der Waals surface area contributed by atoms with E-state index >= 15 is 0 Å². The topological polar surface area (TPSA) is 80.8 Å². The van der Waals surface area contributed by atoms with Gasteiger partial charge in [0.05, 0.1) is 24.5 Å². The van der Waals surface area contributed by atoms with Crippen molar-refractivity contribution in [1.29, 1.82) is 0 Å². The molecule has 0 N–H and O–H groups in total. The molecule has 0 spiro atoms. The second kappa shape index (κ2) is 7.88. The van der Waals surface area contributed by atoms with Crippen LogP contribution in [0.1, 0.15) is 13.0 Å². The Bertz CT molecular complexity index is 834. The van der Waals surface area contributed by atoms with Gasteiger partial charge >= 0.3 is 13.2 Å². The van der Waals surface area contributed by atoms with Crippen LogP contribution in [-0.4, -0.2) is 48.9 Å². The van der Waals surface area contributed by atoms with Crippen molar-refractivity contribution >= 4 is 0 Å². The number of hydrogen-bond donors (Lipinski definition) is 0. The summed E-state index contributed by atoms with van der Waals surface area (Å²) in [7, 11) is 0. The molecule has 0 amide bonds. The Balaban J connectivity index is 1.56. The Kier molecular flexibility index (Phi) is 5.56. The van der Waals surface area contributed by atoms with Gasteiger partial charge in [-0.2, -0.15) is 32.4 Å². The molecule has 0 saturated carbocycles. The Morgan fingerprint density at radius 3 is 2.81 bits per heavy atom. The summed E-state index contributed by atoms with van der Waals surface area (Å²) in [5.41, 5.74) is 0.368. The Morgan fingerprint density at radius 2 is 2.07 bits per heavy atom. The van der Waals surface area contributed by atoms with Gasteiger partial charge in [-0.15, -0.1) is 0 Å². The number of aromatic nitrogens is 5. The third-order valence-electron chi connectivity index (χ3n) is 3.88. The maximum absolute atomic E-state index is 12.8. The lowest BCUT2D eigenvalue weighted by atomic mass is 10.3. The molecule has 2 aromatic rings. The van der Waals surface area contributed by atoms with Crippen LogP contribution in [-0.2, 0) is 11.3 Å². The van der Waals surface area contributed by atoms with Gasteiger partial charge in [0.1, 0.15) is 12.9 Å². The fourth-order valence-corrected chi connectivity index (χ4v) is 2.72. The molecule has 0 saturated heterocycles. The van der Waals surface area contributed by atoms with Crippen molar-refractivity contribution in [3.05, 3.63) is 48.0 Å². The molecule has 2 aromatic heterocycles. The van der Waals surface area contributed by atoms with E-state index in [9.17, 15) is 22.8 Å². The molecule has 1 unspecified atom stereocenters. The number of alkyl halides is 4. The third-order valence-corrected chi connectivity index (χ3v) is 3.88. The molecule has 0 aromatic carbocycles. The fraction of sp³-hybridized carbons (Fsp3) is 0.400. The van der Waals surface area contributed by atoms with Crippen LogP contribution < -0.4 is 0 Å². The lowest BCUT2D eigenvalue weighted by Gasteiger charge is -2.40. The van der Waals surface area contributed by atoms with Crippen LogP contribution in [0.2, 0.25) is 0 Å². The summed E-state index contributed by atoms with van der Waals surface area (Å²) in [6.45, 7) is -5.56. The van der Waals surface area contributed by atoms with Gasteiger partial charge in [0.2, 0.25) is 0 Å². The molecule has 12 heteroatoms. The van der Waals surface area contributed by atoms with Gasteiger partial charge in [-0.3, -0.25) is 4.68 Å². The van der Waals surface area contributed by atoms with E-state index in [4.69, 9.17) is 0 Å². The lowest BCUT2D eigenvalue weighted by molar-refractivity contribution is -0.827. The first-order valence-electron chi connectivity index (χ1n) is 7.98. The second-order valence-electron chi connectivity index (χ2n) is 5.84. The normalized spacial score (nSPS) is 19.7. The van der Waals surface area contributed by atoms with Crippen LogP contribution in [0, 0.1) is 5.21 Å². The number of halogens is 4. The van der Waals surface area contributed by atoms with Crippen LogP contribution in [0.15, 0.2) is 42.8 Å². The van der Waals surface area contributed by atoms with Crippen molar-refractivity contribution in [2.75, 3.05) is 13.1 Å². The molecule has 8 nitrogen and oxygen atoms in total. The zero-order valence-electron chi connectivity index (χ0n) is 14.0. The molecular weight excluding hydrogens is 372 g/mol. The van der Waals surface area contributed by atoms with Crippen LogP contribution >= 0.6 is 0 Å². The minimum Gasteiger partial charge on any atom is -0.627 e. The maximum Gasteiger partial charge on any atom is 0.387 e. The van der Waals surface area contributed by atoms with E-state index in [1.807, 2.05) is 0 Å². The minimum absolute atomic E-state index is 0.0125. The predicted octanol–water partition coefficient (Wildman–Crippen LogP) is 2.89. The van der Waals surface area contributed by atoms with Gasteiger partial charge in [-0.1, -0.05) is 0 Å². The highest BCUT2D eigenvalue weighted by atomic mass is 19.3. The number of quaternary nitrogens is 1. The Labute approximate surface area is 151 Å². The number of rotatable bonds is 8. The highest BCUT2D eigenvalue weighted by Gasteiger charge is 2.22. The lowest BCUT2D eigenvalue weighted by Crippen LogP contribution is -2.41. The van der Waals surface area contributed by atoms with Crippen LogP contribution in [0.5, 0.6) is 0 Å². The van der Waals surface area contributed by atoms with Crippen molar-refractivity contribution in [2.45, 2.75) is 26.1 Å². The number of hydroxylamine groups is 3. The monoisotopic (exact) mass is 388 g/mol. The first-order chi connectivity index (χ1) is 12.9. The summed E-state index contributed by atoms with van der Waals surface area (Å²) in [4.78, 5) is 3.79. The van der Waals surface area contributed by atoms with Crippen LogP contribution in [0.25, 0.3) is 11.4 Å². The zero-order chi connectivity index (χ0) is 19.4. The van der Waals surface area contributed by atoms with Gasteiger partial charge in [0.15, 0.2) is 11.6 Å². The summed E-state index contributed by atoms with van der Waals surface area (Å²) < 4.78 is 55.7. The van der Waals surface area contributed by atoms with Crippen LogP contribution in [0.4, 0.5) is 17.6 Å². The molecule has 1 aliphatic heterocycles. The van der Waals surface area contributed by atoms with E-state index in [1.165, 1.54) is 35.4 Å². The van der Waals surface area contributed by atoms with E-state index < -0.39 is 17.8 Å². The first-order valence-corrected chi connectivity index (χ1v) is 7.98. The number of aryl methyl sites for hydroxylation is 1. The summed E-state index contributed by atoms with van der Waals surface area (Å²) in [6.07, 6.45) is 8.39. The van der Waals surface area contributed by atoms with Gasteiger partial charge in [0, 0.05) is 19.2 Å². The average molecular weight is 388 g/mol. The van der Waals surface area contributed by atoms with Gasteiger partial charge in [0.25, 0.3) is 0 Å². The molecule has 1 aliphatic rings. The SMILES string of the molecule is [O-][N+]1(CCCn2cc(-c3ncnn3C(F)F)cn2)C=CC=C(OC(F)F)C1. The molecule has 0 fully saturated rings. The largest absolute Gasteiger partial charge is 0.627 e. The molecule has 0 radical (unpaired) electrons. The molecule has 3 rings (SSSR count). The summed E-state index contributed by atoms with van der Waals surface area (Å²) in [6, 6.07) is 0. The van der Waals surface area contributed by atoms with E-state index in [0.29, 0.717) is 23.2 Å². The number of allylic oxidation sites excluding steroid dienone is 2. The summed E-state index contributed by atoms with van der Waals surface area (Å²) in [5.74, 6) is -0.0864. The highest BCUT2D eigenvalue weighted by Crippen LogP contribution is 2.22. The average Bonchev–Trinajstić information content (AvgIpc) is 3.22. The Morgan fingerprint density at radius 1 is 1.26 bits per heavy atom. The molecule has 1 atom stereocenters. The van der Waals surface area contributed by atoms with Crippen LogP contribution in [0.3, 0.4) is 0 Å². The predicted molar refractivity (Wildman–Crippen MR) is 84.8 cm³/mol. The molecule has 27 heavy (non-hydrogen) atoms. The molecule has 3 heterocycles. The maximum atomic E-state index is 12.8. The standard InChI is InChI=1S/C15H16F4N6O2/c16-14(17)24-13(20-10-22-24)11-7-21-23(8-11)4-2-6-25(26)5-1-3-12(9-25)27-15(18)19/h1,3,5,7-8,10,14-15H,2,4,6,9H2. The third kappa shape index (κ3) is 4.71. The van der Waals surface area contributed by atoms with E-state index in [-0.39, 0.29) is 24.7 Å². The smallest absolute Gasteiger partial charge is 0.387 e. The van der Waals surface area contributed by atoms with Crippen molar-refractivity contribution in [1.82, 2.24) is 24.5 Å². The number of nitrogens with zero attached hydrogens (tertiary/aromatic N) is 6. The van der Waals surface area contributed by atoms with Crippen molar-refractivity contribution in [3.63, 3.8) is 0 Å². The number of ether oxygens (including phenoxy) is 1.